The van der Waals surface area contributed by atoms with Crippen molar-refractivity contribution in [3.8, 4) is 0 Å². The molecule has 1 heterocycles. The Balaban J connectivity index is 1.36. The van der Waals surface area contributed by atoms with Gasteiger partial charge in [-0.25, -0.2) is 0 Å². The lowest BCUT2D eigenvalue weighted by atomic mass is 9.55. The fourth-order valence-corrected chi connectivity index (χ4v) is 6.37. The number of piperidine rings is 1. The highest BCUT2D eigenvalue weighted by atomic mass is 15.1. The zero-order valence-electron chi connectivity index (χ0n) is 18.2. The van der Waals surface area contributed by atoms with Gasteiger partial charge in [0.1, 0.15) is 0 Å². The van der Waals surface area contributed by atoms with Gasteiger partial charge in [0.2, 0.25) is 0 Å². The summed E-state index contributed by atoms with van der Waals surface area (Å²) < 4.78 is 0. The first kappa shape index (κ1) is 19.7. The molecule has 3 rings (SSSR count). The molecule has 0 unspecified atom stereocenters. The van der Waals surface area contributed by atoms with Crippen LogP contribution in [0.2, 0.25) is 0 Å². The van der Waals surface area contributed by atoms with Crippen LogP contribution >= 0.6 is 0 Å². The standard InChI is InChI=1S/C24H45N/c1-22(2,3)15-20-16-24(17-20)11-13-25(14-12-24)18-19-7-9-21(10-8-19)23(4,5)6/h19-21H,7-18H2,1-6H3. The van der Waals surface area contributed by atoms with E-state index in [1.807, 2.05) is 0 Å². The molecule has 1 saturated heterocycles. The number of rotatable bonds is 3. The molecule has 0 N–H and O–H groups in total. The molecule has 0 radical (unpaired) electrons. The molecular weight excluding hydrogens is 302 g/mol. The zero-order chi connectivity index (χ0) is 18.3. The van der Waals surface area contributed by atoms with E-state index in [4.69, 9.17) is 0 Å². The van der Waals surface area contributed by atoms with Gasteiger partial charge in [-0.3, -0.25) is 0 Å². The summed E-state index contributed by atoms with van der Waals surface area (Å²) in [6.07, 6.45) is 13.4. The van der Waals surface area contributed by atoms with E-state index in [0.29, 0.717) is 10.8 Å². The first-order valence-electron chi connectivity index (χ1n) is 11.3. The summed E-state index contributed by atoms with van der Waals surface area (Å²) in [6.45, 7) is 18.7. The van der Waals surface area contributed by atoms with E-state index >= 15 is 0 Å². The number of likely N-dealkylation sites (tertiary alicyclic amines) is 1. The van der Waals surface area contributed by atoms with Crippen molar-refractivity contribution in [1.29, 1.82) is 0 Å². The molecule has 3 aliphatic rings. The normalized spacial score (nSPS) is 31.9. The Morgan fingerprint density at radius 3 is 1.84 bits per heavy atom. The molecule has 1 spiro atoms. The Labute approximate surface area is 158 Å². The fraction of sp³-hybridized carbons (Fsp3) is 1.00. The van der Waals surface area contributed by atoms with Gasteiger partial charge in [0.05, 0.1) is 0 Å². The average Bonchev–Trinajstić information content (AvgIpc) is 2.46. The Kier molecular flexibility index (Phi) is 5.66. The number of hydrogen-bond donors (Lipinski definition) is 0. The highest BCUT2D eigenvalue weighted by Gasteiger charge is 2.46. The molecule has 1 nitrogen and oxygen atoms in total. The Bertz CT molecular complexity index is 414. The number of hydrogen-bond acceptors (Lipinski definition) is 1. The molecule has 0 aromatic rings. The van der Waals surface area contributed by atoms with Crippen LogP contribution in [0.1, 0.15) is 99.3 Å². The van der Waals surface area contributed by atoms with Crippen molar-refractivity contribution >= 4 is 0 Å². The van der Waals surface area contributed by atoms with Crippen LogP contribution in [0, 0.1) is 34.0 Å². The van der Waals surface area contributed by atoms with Crippen LogP contribution in [0.5, 0.6) is 0 Å². The van der Waals surface area contributed by atoms with Gasteiger partial charge in [-0.05, 0) is 105 Å². The quantitative estimate of drug-likeness (QED) is 0.544. The van der Waals surface area contributed by atoms with Crippen LogP contribution < -0.4 is 0 Å². The highest BCUT2D eigenvalue weighted by molar-refractivity contribution is 4.98. The lowest BCUT2D eigenvalue weighted by Crippen LogP contribution is -2.48. The molecular formula is C24H45N. The van der Waals surface area contributed by atoms with Crippen LogP contribution in [0.4, 0.5) is 0 Å². The maximum atomic E-state index is 2.82. The van der Waals surface area contributed by atoms with Crippen molar-refractivity contribution < 1.29 is 0 Å². The largest absolute Gasteiger partial charge is 0.303 e. The smallest absolute Gasteiger partial charge is 0.000967 e. The second-order valence-corrected chi connectivity index (χ2v) is 12.4. The SMILES string of the molecule is CC(C)(C)CC1CC2(CCN(CC3CCC(C(C)(C)C)CC3)CC2)C1. The second-order valence-electron chi connectivity index (χ2n) is 12.4. The summed E-state index contributed by atoms with van der Waals surface area (Å²) >= 11 is 0. The van der Waals surface area contributed by atoms with Crippen molar-refractivity contribution in [1.82, 2.24) is 4.90 Å². The summed E-state index contributed by atoms with van der Waals surface area (Å²) in [5.41, 5.74) is 1.81. The minimum Gasteiger partial charge on any atom is -0.303 e. The molecule has 146 valence electrons. The molecule has 0 amide bonds. The maximum Gasteiger partial charge on any atom is 0.000967 e. The van der Waals surface area contributed by atoms with Gasteiger partial charge >= 0.3 is 0 Å². The van der Waals surface area contributed by atoms with Crippen LogP contribution in [0.3, 0.4) is 0 Å². The van der Waals surface area contributed by atoms with Crippen molar-refractivity contribution in [3.63, 3.8) is 0 Å². The minimum absolute atomic E-state index is 0.524. The third-order valence-corrected chi connectivity index (χ3v) is 7.85. The molecule has 1 aliphatic heterocycles. The lowest BCUT2D eigenvalue weighted by molar-refractivity contribution is -0.0317. The Hall–Kier alpha value is -0.0400. The van der Waals surface area contributed by atoms with Crippen molar-refractivity contribution in [2.75, 3.05) is 19.6 Å². The molecule has 3 fully saturated rings. The summed E-state index contributed by atoms with van der Waals surface area (Å²) in [5.74, 6) is 2.98. The van der Waals surface area contributed by atoms with E-state index in [2.05, 4.69) is 46.4 Å². The monoisotopic (exact) mass is 347 g/mol. The van der Waals surface area contributed by atoms with E-state index in [1.54, 1.807) is 0 Å². The minimum atomic E-state index is 0.524. The molecule has 2 saturated carbocycles. The summed E-state index contributed by atoms with van der Waals surface area (Å²) in [4.78, 5) is 2.82. The Morgan fingerprint density at radius 1 is 0.800 bits per heavy atom. The van der Waals surface area contributed by atoms with Crippen molar-refractivity contribution in [2.24, 2.45) is 34.0 Å². The summed E-state index contributed by atoms with van der Waals surface area (Å²) in [7, 11) is 0. The van der Waals surface area contributed by atoms with Crippen molar-refractivity contribution in [2.45, 2.75) is 99.3 Å². The van der Waals surface area contributed by atoms with Crippen LogP contribution in [-0.2, 0) is 0 Å². The topological polar surface area (TPSA) is 3.24 Å². The van der Waals surface area contributed by atoms with Gasteiger partial charge in [0.15, 0.2) is 0 Å². The molecule has 25 heavy (non-hydrogen) atoms. The zero-order valence-corrected chi connectivity index (χ0v) is 18.2. The lowest BCUT2D eigenvalue weighted by Gasteiger charge is -2.54. The highest BCUT2D eigenvalue weighted by Crippen LogP contribution is 2.55. The number of nitrogens with zero attached hydrogens (tertiary/aromatic N) is 1. The van der Waals surface area contributed by atoms with Crippen LogP contribution in [-0.4, -0.2) is 24.5 Å². The van der Waals surface area contributed by atoms with E-state index in [0.717, 1.165) is 23.2 Å². The first-order chi connectivity index (χ1) is 11.5. The van der Waals surface area contributed by atoms with Gasteiger partial charge in [0.25, 0.3) is 0 Å². The average molecular weight is 348 g/mol. The third kappa shape index (κ3) is 5.24. The van der Waals surface area contributed by atoms with Gasteiger partial charge in [-0.1, -0.05) is 41.5 Å². The summed E-state index contributed by atoms with van der Waals surface area (Å²) in [5, 5.41) is 0. The van der Waals surface area contributed by atoms with Crippen LogP contribution in [0.25, 0.3) is 0 Å². The Morgan fingerprint density at radius 2 is 1.36 bits per heavy atom. The summed E-state index contributed by atoms with van der Waals surface area (Å²) in [6, 6.07) is 0. The molecule has 0 bridgehead atoms. The molecule has 0 aromatic heterocycles. The third-order valence-electron chi connectivity index (χ3n) is 7.85. The van der Waals surface area contributed by atoms with Gasteiger partial charge in [-0.2, -0.15) is 0 Å². The molecule has 0 atom stereocenters. The van der Waals surface area contributed by atoms with E-state index in [-0.39, 0.29) is 0 Å². The first-order valence-corrected chi connectivity index (χ1v) is 11.3. The van der Waals surface area contributed by atoms with Gasteiger partial charge < -0.3 is 4.90 Å². The maximum absolute atomic E-state index is 2.82. The van der Waals surface area contributed by atoms with E-state index < -0.39 is 0 Å². The van der Waals surface area contributed by atoms with Gasteiger partial charge in [0, 0.05) is 6.54 Å². The van der Waals surface area contributed by atoms with Gasteiger partial charge in [-0.15, -0.1) is 0 Å². The van der Waals surface area contributed by atoms with Crippen molar-refractivity contribution in [3.05, 3.63) is 0 Å². The molecule has 2 aliphatic carbocycles. The van der Waals surface area contributed by atoms with E-state index in [1.165, 1.54) is 77.4 Å². The van der Waals surface area contributed by atoms with E-state index in [9.17, 15) is 0 Å². The molecule has 0 aromatic carbocycles. The predicted octanol–water partition coefficient (Wildman–Crippen LogP) is 6.77. The fourth-order valence-electron chi connectivity index (χ4n) is 6.37. The molecule has 1 heteroatoms. The van der Waals surface area contributed by atoms with Crippen LogP contribution in [0.15, 0.2) is 0 Å². The predicted molar refractivity (Wildman–Crippen MR) is 110 cm³/mol. The second kappa shape index (κ2) is 7.17.